The molecule has 0 radical (unpaired) electrons. The molecular weight excluding hydrogens is 280 g/mol. The molecule has 6 heteroatoms. The minimum absolute atomic E-state index is 0.141. The molecule has 1 amide bonds. The zero-order chi connectivity index (χ0) is 15.9. The van der Waals surface area contributed by atoms with Gasteiger partial charge in [-0.05, 0) is 39.5 Å². The van der Waals surface area contributed by atoms with Gasteiger partial charge in [-0.1, -0.05) is 13.8 Å². The van der Waals surface area contributed by atoms with Gasteiger partial charge in [0, 0.05) is 24.0 Å². The van der Waals surface area contributed by atoms with E-state index < -0.39 is 0 Å². The molecule has 3 rings (SSSR count). The van der Waals surface area contributed by atoms with Crippen LogP contribution in [0, 0.1) is 6.92 Å². The lowest BCUT2D eigenvalue weighted by molar-refractivity contribution is 0.0613. The Kier molecular flexibility index (Phi) is 4.10. The van der Waals surface area contributed by atoms with E-state index in [-0.39, 0.29) is 6.09 Å². The lowest BCUT2D eigenvalue weighted by Crippen LogP contribution is -2.47. The highest BCUT2D eigenvalue weighted by Crippen LogP contribution is 2.42. The molecule has 6 nitrogen and oxygen atoms in total. The summed E-state index contributed by atoms with van der Waals surface area (Å²) < 4.78 is 7.53. The van der Waals surface area contributed by atoms with Crippen molar-refractivity contribution in [2.24, 2.45) is 0 Å². The highest BCUT2D eigenvalue weighted by Gasteiger charge is 2.45. The first-order chi connectivity index (χ1) is 10.5. The zero-order valence-corrected chi connectivity index (χ0v) is 14.0. The molecule has 0 aliphatic carbocycles. The number of piperidine rings is 1. The minimum atomic E-state index is -0.141. The van der Waals surface area contributed by atoms with Gasteiger partial charge in [0.05, 0.1) is 6.61 Å². The van der Waals surface area contributed by atoms with Crippen molar-refractivity contribution in [3.8, 4) is 0 Å². The number of nitrogens with zero attached hydrogens (tertiary/aromatic N) is 4. The van der Waals surface area contributed by atoms with Crippen molar-refractivity contribution in [3.63, 3.8) is 0 Å². The first kappa shape index (κ1) is 15.3. The van der Waals surface area contributed by atoms with Gasteiger partial charge in [-0.2, -0.15) is 0 Å². The number of aryl methyl sites for hydroxylation is 1. The monoisotopic (exact) mass is 306 g/mol. The van der Waals surface area contributed by atoms with E-state index in [1.807, 2.05) is 18.7 Å². The van der Waals surface area contributed by atoms with Crippen LogP contribution in [-0.4, -0.2) is 44.4 Å². The van der Waals surface area contributed by atoms with Gasteiger partial charge in [0.25, 0.3) is 0 Å². The number of hydrogen-bond donors (Lipinski definition) is 0. The third-order valence-electron chi connectivity index (χ3n) is 4.96. The lowest BCUT2D eigenvalue weighted by atomic mass is 9.96. The van der Waals surface area contributed by atoms with E-state index in [1.54, 1.807) is 0 Å². The van der Waals surface area contributed by atoms with Gasteiger partial charge < -0.3 is 14.2 Å². The molecule has 2 bridgehead atoms. The van der Waals surface area contributed by atoms with Gasteiger partial charge >= 0.3 is 6.09 Å². The fourth-order valence-corrected chi connectivity index (χ4v) is 4.09. The summed E-state index contributed by atoms with van der Waals surface area (Å²) in [6, 6.07) is 0.991. The molecule has 2 aliphatic rings. The van der Waals surface area contributed by atoms with Crippen molar-refractivity contribution < 1.29 is 9.53 Å². The molecule has 1 unspecified atom stereocenters. The van der Waals surface area contributed by atoms with Gasteiger partial charge in [0.1, 0.15) is 11.6 Å². The molecule has 0 saturated carbocycles. The molecule has 2 fully saturated rings. The van der Waals surface area contributed by atoms with Gasteiger partial charge in [-0.15, -0.1) is 10.2 Å². The van der Waals surface area contributed by atoms with Crippen LogP contribution >= 0.6 is 0 Å². The van der Waals surface area contributed by atoms with Crippen molar-refractivity contribution in [1.29, 1.82) is 0 Å². The van der Waals surface area contributed by atoms with Crippen LogP contribution in [0.4, 0.5) is 4.79 Å². The Labute approximate surface area is 131 Å². The Morgan fingerprint density at radius 3 is 2.41 bits per heavy atom. The summed E-state index contributed by atoms with van der Waals surface area (Å²) >= 11 is 0. The number of aromatic nitrogens is 3. The molecule has 22 heavy (non-hydrogen) atoms. The van der Waals surface area contributed by atoms with Crippen LogP contribution in [0.1, 0.15) is 70.1 Å². The van der Waals surface area contributed by atoms with Crippen LogP contribution in [-0.2, 0) is 4.74 Å². The summed E-state index contributed by atoms with van der Waals surface area (Å²) in [5, 5.41) is 8.63. The Morgan fingerprint density at radius 1 is 1.23 bits per heavy atom. The van der Waals surface area contributed by atoms with E-state index in [9.17, 15) is 4.79 Å². The van der Waals surface area contributed by atoms with Crippen LogP contribution in [0.2, 0.25) is 0 Å². The van der Waals surface area contributed by atoms with E-state index in [0.29, 0.717) is 30.7 Å². The van der Waals surface area contributed by atoms with E-state index in [4.69, 9.17) is 4.74 Å². The zero-order valence-electron chi connectivity index (χ0n) is 14.0. The van der Waals surface area contributed by atoms with E-state index >= 15 is 0 Å². The number of hydrogen-bond acceptors (Lipinski definition) is 4. The molecule has 2 saturated heterocycles. The van der Waals surface area contributed by atoms with E-state index in [0.717, 1.165) is 37.3 Å². The van der Waals surface area contributed by atoms with Crippen LogP contribution < -0.4 is 0 Å². The van der Waals surface area contributed by atoms with Crippen molar-refractivity contribution in [3.05, 3.63) is 11.6 Å². The van der Waals surface area contributed by atoms with Crippen molar-refractivity contribution in [1.82, 2.24) is 19.7 Å². The molecule has 3 atom stereocenters. The summed E-state index contributed by atoms with van der Waals surface area (Å²) in [5.41, 5.74) is 0. The summed E-state index contributed by atoms with van der Waals surface area (Å²) in [7, 11) is 0. The average Bonchev–Trinajstić information content (AvgIpc) is 2.97. The number of carbonyl (C=O) groups excluding carboxylic acids is 1. The highest BCUT2D eigenvalue weighted by molar-refractivity contribution is 5.69. The smallest absolute Gasteiger partial charge is 0.410 e. The summed E-state index contributed by atoms with van der Waals surface area (Å²) in [6.45, 7) is 8.64. The second kappa shape index (κ2) is 5.89. The highest BCUT2D eigenvalue weighted by atomic mass is 16.6. The maximum Gasteiger partial charge on any atom is 0.410 e. The Hall–Kier alpha value is -1.59. The molecular formula is C16H26N4O2. The Bertz CT molecular complexity index is 540. The van der Waals surface area contributed by atoms with Gasteiger partial charge in [0.15, 0.2) is 0 Å². The number of rotatable bonds is 3. The second-order valence-corrected chi connectivity index (χ2v) is 6.75. The number of carbonyl (C=O) groups is 1. The molecule has 0 spiro atoms. The Morgan fingerprint density at radius 2 is 1.86 bits per heavy atom. The predicted molar refractivity (Wildman–Crippen MR) is 82.8 cm³/mol. The van der Waals surface area contributed by atoms with Crippen molar-refractivity contribution in [2.45, 2.75) is 77.4 Å². The van der Waals surface area contributed by atoms with Gasteiger partial charge in [-0.3, -0.25) is 0 Å². The SMILES string of the molecule is CCOC(=O)N1[C@@H]2CC[C@H]1CC(n1c(C)nnc1C(C)C)C2. The van der Waals surface area contributed by atoms with Crippen LogP contribution in [0.5, 0.6) is 0 Å². The first-order valence-corrected chi connectivity index (χ1v) is 8.39. The molecule has 3 heterocycles. The Balaban J connectivity index is 1.81. The van der Waals surface area contributed by atoms with Gasteiger partial charge in [-0.25, -0.2) is 4.79 Å². The average molecular weight is 306 g/mol. The second-order valence-electron chi connectivity index (χ2n) is 6.75. The standard InChI is InChI=1S/C16H26N4O2/c1-5-22-16(21)20-12-6-7-13(20)9-14(8-12)19-11(4)17-18-15(19)10(2)3/h10,12-14H,5-9H2,1-4H3/t12-,13+,14?. The number of fused-ring (bicyclic) bond motifs is 2. The fraction of sp³-hybridized carbons (Fsp3) is 0.812. The number of amides is 1. The van der Waals surface area contributed by atoms with Crippen LogP contribution in [0.25, 0.3) is 0 Å². The quantitative estimate of drug-likeness (QED) is 0.861. The lowest BCUT2D eigenvalue weighted by Gasteiger charge is -2.39. The van der Waals surface area contributed by atoms with Gasteiger partial charge in [0.2, 0.25) is 0 Å². The molecule has 122 valence electrons. The van der Waals surface area contributed by atoms with Crippen molar-refractivity contribution in [2.75, 3.05) is 6.61 Å². The third kappa shape index (κ3) is 2.48. The van der Waals surface area contributed by atoms with Crippen LogP contribution in [0.15, 0.2) is 0 Å². The number of ether oxygens (including phenoxy) is 1. The minimum Gasteiger partial charge on any atom is -0.450 e. The summed E-state index contributed by atoms with van der Waals surface area (Å²) in [4.78, 5) is 14.1. The molecule has 2 aliphatic heterocycles. The normalized spacial score (nSPS) is 27.5. The molecule has 1 aromatic heterocycles. The maximum atomic E-state index is 12.2. The maximum absolute atomic E-state index is 12.2. The largest absolute Gasteiger partial charge is 0.450 e. The third-order valence-corrected chi connectivity index (χ3v) is 4.96. The van der Waals surface area contributed by atoms with Crippen LogP contribution in [0.3, 0.4) is 0 Å². The molecule has 1 aromatic rings. The first-order valence-electron chi connectivity index (χ1n) is 8.39. The van der Waals surface area contributed by atoms with Crippen molar-refractivity contribution >= 4 is 6.09 Å². The summed E-state index contributed by atoms with van der Waals surface area (Å²) in [5.74, 6) is 2.41. The molecule has 0 aromatic carbocycles. The predicted octanol–water partition coefficient (Wildman–Crippen LogP) is 3.03. The fourth-order valence-electron chi connectivity index (χ4n) is 4.09. The van der Waals surface area contributed by atoms with E-state index in [2.05, 4.69) is 28.6 Å². The summed E-state index contributed by atoms with van der Waals surface area (Å²) in [6.07, 6.45) is 3.98. The molecule has 0 N–H and O–H groups in total. The topological polar surface area (TPSA) is 60.2 Å². The van der Waals surface area contributed by atoms with E-state index in [1.165, 1.54) is 0 Å².